The molecule has 1 fully saturated rings. The second-order valence-electron chi connectivity index (χ2n) is 7.56. The number of thioether (sulfide) groups is 1. The molecule has 0 spiro atoms. The number of carbonyl (C=O) groups is 1. The molecule has 30 heavy (non-hydrogen) atoms. The molecule has 0 amide bonds. The Hall–Kier alpha value is -2.76. The Kier molecular flexibility index (Phi) is 5.58. The maximum absolute atomic E-state index is 15.0. The molecule has 8 heteroatoms. The second kappa shape index (κ2) is 8.17. The number of rotatable bonds is 5. The summed E-state index contributed by atoms with van der Waals surface area (Å²) < 4.78 is 20.6. The van der Waals surface area contributed by atoms with Crippen LogP contribution in [0.5, 0.6) is 0 Å². The van der Waals surface area contributed by atoms with Gasteiger partial charge in [0.05, 0.1) is 17.2 Å². The highest BCUT2D eigenvalue weighted by atomic mass is 32.2. The van der Waals surface area contributed by atoms with E-state index in [1.807, 2.05) is 6.07 Å². The van der Waals surface area contributed by atoms with Crippen molar-refractivity contribution in [2.24, 2.45) is 16.6 Å². The highest BCUT2D eigenvalue weighted by Crippen LogP contribution is 2.52. The van der Waals surface area contributed by atoms with Gasteiger partial charge in [0.2, 0.25) is 0 Å². The zero-order chi connectivity index (χ0) is 21.3. The smallest absolute Gasteiger partial charge is 0.185 e. The molecule has 6 nitrogen and oxygen atoms in total. The fourth-order valence-electron chi connectivity index (χ4n) is 4.44. The van der Waals surface area contributed by atoms with Gasteiger partial charge in [-0.05, 0) is 42.7 Å². The molecule has 0 radical (unpaired) electrons. The van der Waals surface area contributed by atoms with Gasteiger partial charge in [0.15, 0.2) is 11.0 Å². The highest BCUT2D eigenvalue weighted by molar-refractivity contribution is 8.13. The number of nitrogens with two attached hydrogens (primary N) is 1. The Morgan fingerprint density at radius 3 is 2.97 bits per heavy atom. The van der Waals surface area contributed by atoms with Gasteiger partial charge >= 0.3 is 0 Å². The van der Waals surface area contributed by atoms with E-state index in [1.165, 1.54) is 30.1 Å². The molecule has 1 aliphatic heterocycles. The van der Waals surface area contributed by atoms with Gasteiger partial charge in [-0.25, -0.2) is 4.39 Å². The van der Waals surface area contributed by atoms with Gasteiger partial charge in [-0.2, -0.15) is 5.26 Å². The first-order chi connectivity index (χ1) is 14.5. The van der Waals surface area contributed by atoms with Crippen molar-refractivity contribution in [2.75, 3.05) is 12.9 Å². The van der Waals surface area contributed by atoms with Crippen LogP contribution in [0.4, 0.5) is 4.39 Å². The summed E-state index contributed by atoms with van der Waals surface area (Å²) in [5, 5.41) is 9.32. The molecule has 3 atom stereocenters. The number of hydrogen-bond donors (Lipinski definition) is 1. The van der Waals surface area contributed by atoms with Crippen LogP contribution in [0.2, 0.25) is 0 Å². The Morgan fingerprint density at radius 1 is 1.43 bits per heavy atom. The van der Waals surface area contributed by atoms with Crippen LogP contribution in [-0.2, 0) is 16.7 Å². The third-order valence-corrected chi connectivity index (χ3v) is 6.85. The minimum atomic E-state index is -0.772. The van der Waals surface area contributed by atoms with Crippen molar-refractivity contribution in [1.82, 2.24) is 4.98 Å². The summed E-state index contributed by atoms with van der Waals surface area (Å²) >= 11 is 1.47. The first-order valence-electron chi connectivity index (χ1n) is 9.66. The zero-order valence-electron chi connectivity index (χ0n) is 16.5. The molecular weight excluding hydrogens is 403 g/mol. The van der Waals surface area contributed by atoms with Crippen LogP contribution >= 0.6 is 11.8 Å². The minimum Gasteiger partial charge on any atom is -0.381 e. The van der Waals surface area contributed by atoms with E-state index < -0.39 is 5.54 Å². The normalized spacial score (nSPS) is 25.3. The molecule has 154 valence electrons. The molecule has 2 N–H and O–H groups in total. The lowest BCUT2D eigenvalue weighted by Crippen LogP contribution is -2.41. The number of benzene rings is 1. The van der Waals surface area contributed by atoms with Crippen molar-refractivity contribution in [3.8, 4) is 6.07 Å². The Balaban J connectivity index is 1.67. The number of hydrogen-bond acceptors (Lipinski definition) is 7. The zero-order valence-corrected chi connectivity index (χ0v) is 17.3. The molecule has 0 unspecified atom stereocenters. The van der Waals surface area contributed by atoms with Gasteiger partial charge in [-0.15, -0.1) is 0 Å². The first-order valence-corrected chi connectivity index (χ1v) is 10.6. The Labute approximate surface area is 178 Å². The molecule has 1 aromatic heterocycles. The lowest BCUT2D eigenvalue weighted by molar-refractivity contribution is 0.0645. The van der Waals surface area contributed by atoms with Crippen LogP contribution in [0.15, 0.2) is 41.5 Å². The molecule has 1 saturated carbocycles. The highest BCUT2D eigenvalue weighted by Gasteiger charge is 2.53. The van der Waals surface area contributed by atoms with Crippen molar-refractivity contribution in [3.05, 3.63) is 64.7 Å². The molecule has 0 saturated heterocycles. The van der Waals surface area contributed by atoms with Gasteiger partial charge in [0, 0.05) is 37.0 Å². The van der Waals surface area contributed by atoms with E-state index in [4.69, 9.17) is 20.7 Å². The van der Waals surface area contributed by atoms with Crippen molar-refractivity contribution in [2.45, 2.75) is 30.9 Å². The third-order valence-electron chi connectivity index (χ3n) is 5.94. The summed E-state index contributed by atoms with van der Waals surface area (Å²) in [6, 6.07) is 9.80. The molecule has 0 bridgehead atoms. The van der Waals surface area contributed by atoms with Crippen LogP contribution in [-0.4, -0.2) is 34.9 Å². The first kappa shape index (κ1) is 20.5. The number of ketones is 1. The molecule has 1 aliphatic carbocycles. The van der Waals surface area contributed by atoms with Gasteiger partial charge in [-0.3, -0.25) is 14.8 Å². The van der Waals surface area contributed by atoms with Gasteiger partial charge in [0.25, 0.3) is 0 Å². The molecular formula is C22H21FN4O2S. The number of amidine groups is 1. The number of aliphatic imine (C=N–C) groups is 1. The van der Waals surface area contributed by atoms with Crippen LogP contribution in [0.1, 0.15) is 40.0 Å². The van der Waals surface area contributed by atoms with Gasteiger partial charge in [0.1, 0.15) is 17.6 Å². The van der Waals surface area contributed by atoms with E-state index in [1.54, 1.807) is 25.3 Å². The summed E-state index contributed by atoms with van der Waals surface area (Å²) in [7, 11) is 1.67. The summed E-state index contributed by atoms with van der Waals surface area (Å²) in [6.07, 6.45) is 2.85. The molecule has 1 aromatic carbocycles. The average molecular weight is 425 g/mol. The number of fused-ring (bicyclic) bond motifs is 1. The minimum absolute atomic E-state index is 0.0121. The Morgan fingerprint density at radius 2 is 2.27 bits per heavy atom. The van der Waals surface area contributed by atoms with E-state index in [0.717, 1.165) is 6.42 Å². The number of halogens is 1. The third kappa shape index (κ3) is 3.59. The number of Topliss-reactive ketones (excluding diaryl/α,β-unsaturated/α-hetero) is 1. The second-order valence-corrected chi connectivity index (χ2v) is 8.60. The number of nitriles is 1. The predicted molar refractivity (Wildman–Crippen MR) is 113 cm³/mol. The molecule has 4 rings (SSSR count). The number of aromatic nitrogens is 1. The lowest BCUT2D eigenvalue weighted by Gasteiger charge is -2.37. The van der Waals surface area contributed by atoms with E-state index in [-0.39, 0.29) is 35.7 Å². The van der Waals surface area contributed by atoms with E-state index in [2.05, 4.69) is 4.98 Å². The maximum Gasteiger partial charge on any atom is 0.185 e. The fraction of sp³-hybridized carbons (Fsp3) is 0.364. The number of carbonyl (C=O) groups excluding carboxylic acids is 1. The topological polar surface area (TPSA) is 101 Å². The van der Waals surface area contributed by atoms with Crippen LogP contribution in [0, 0.1) is 23.1 Å². The van der Waals surface area contributed by atoms with Crippen LogP contribution in [0.25, 0.3) is 0 Å². The molecule has 2 aromatic rings. The lowest BCUT2D eigenvalue weighted by atomic mass is 9.80. The Bertz CT molecular complexity index is 1050. The number of nitrogens with zero attached hydrogens (tertiary/aromatic N) is 3. The van der Waals surface area contributed by atoms with Gasteiger partial charge < -0.3 is 10.5 Å². The largest absolute Gasteiger partial charge is 0.381 e. The molecule has 2 heterocycles. The fourth-order valence-corrected chi connectivity index (χ4v) is 5.50. The SMILES string of the molecule is CO[C@@H]1CC[C@]2(c3cc(CC(=O)c4ccc(C#N)cn4)ccc3F)N=C(N)SC[C@H]12. The maximum atomic E-state index is 15.0. The summed E-state index contributed by atoms with van der Waals surface area (Å²) in [4.78, 5) is 21.4. The summed E-state index contributed by atoms with van der Waals surface area (Å²) in [5.74, 6) is 0.175. The van der Waals surface area contributed by atoms with Crippen molar-refractivity contribution in [1.29, 1.82) is 5.26 Å². The monoisotopic (exact) mass is 424 g/mol. The van der Waals surface area contributed by atoms with Crippen LogP contribution < -0.4 is 5.73 Å². The van der Waals surface area contributed by atoms with Crippen molar-refractivity contribution in [3.63, 3.8) is 0 Å². The van der Waals surface area contributed by atoms with E-state index in [9.17, 15) is 4.79 Å². The quantitative estimate of drug-likeness (QED) is 0.740. The van der Waals surface area contributed by atoms with E-state index >= 15 is 4.39 Å². The van der Waals surface area contributed by atoms with Gasteiger partial charge in [-0.1, -0.05) is 17.8 Å². The predicted octanol–water partition coefficient (Wildman–Crippen LogP) is 3.20. The van der Waals surface area contributed by atoms with Crippen LogP contribution in [0.3, 0.4) is 0 Å². The standard InChI is InChI=1S/C22H21FN4O2S/c1-29-20-6-7-22(16(20)12-30-21(25)27-22)15-8-13(2-4-17(15)23)9-19(28)18-5-3-14(10-24)11-26-18/h2-5,8,11,16,20H,6-7,9,12H2,1H3,(H2,25,27)/t16-,20-,22-/m1/s1. The number of methoxy groups -OCH3 is 1. The average Bonchev–Trinajstić information content (AvgIpc) is 3.13. The van der Waals surface area contributed by atoms with Crippen molar-refractivity contribution >= 4 is 22.7 Å². The number of pyridine rings is 1. The molecule has 2 aliphatic rings. The summed E-state index contributed by atoms with van der Waals surface area (Å²) in [6.45, 7) is 0. The number of ether oxygens (including phenoxy) is 1. The van der Waals surface area contributed by atoms with Crippen molar-refractivity contribution < 1.29 is 13.9 Å². The summed E-state index contributed by atoms with van der Waals surface area (Å²) in [5.41, 5.74) is 7.07. The van der Waals surface area contributed by atoms with E-state index in [0.29, 0.717) is 34.0 Å².